The van der Waals surface area contributed by atoms with Crippen molar-refractivity contribution in [2.45, 2.75) is 13.1 Å². The van der Waals surface area contributed by atoms with Crippen LogP contribution in [0.15, 0.2) is 65.6 Å². The molecule has 0 aliphatic rings. The fourth-order valence-electron chi connectivity index (χ4n) is 2.75. The monoisotopic (exact) mass is 410 g/mol. The Labute approximate surface area is 168 Å². The quantitative estimate of drug-likeness (QED) is 0.509. The van der Waals surface area contributed by atoms with Crippen LogP contribution in [0.3, 0.4) is 0 Å². The molecule has 0 unspecified atom stereocenters. The van der Waals surface area contributed by atoms with Gasteiger partial charge in [0.1, 0.15) is 24.0 Å². The Bertz CT molecular complexity index is 1250. The number of hydrogen-bond acceptors (Lipinski definition) is 5. The van der Waals surface area contributed by atoms with Gasteiger partial charge in [-0.3, -0.25) is 4.79 Å². The van der Waals surface area contributed by atoms with Crippen molar-refractivity contribution < 1.29 is 13.6 Å². The van der Waals surface area contributed by atoms with Crippen LogP contribution in [-0.2, 0) is 17.9 Å². The second-order valence-electron chi connectivity index (χ2n) is 6.46. The van der Waals surface area contributed by atoms with Gasteiger partial charge in [0.05, 0.1) is 0 Å². The van der Waals surface area contributed by atoms with Crippen LogP contribution in [0.25, 0.3) is 5.78 Å². The number of aromatic nitrogens is 4. The van der Waals surface area contributed by atoms with Gasteiger partial charge >= 0.3 is 5.69 Å². The van der Waals surface area contributed by atoms with Crippen LogP contribution in [0.1, 0.15) is 5.56 Å². The molecule has 0 spiro atoms. The van der Waals surface area contributed by atoms with E-state index in [1.165, 1.54) is 34.9 Å². The Hall–Kier alpha value is -4.08. The maximum atomic E-state index is 13.0. The molecule has 0 saturated heterocycles. The molecule has 4 rings (SSSR count). The number of rotatable bonds is 6. The average molecular weight is 410 g/mol. The molecular formula is C20H16F2N6O2. The summed E-state index contributed by atoms with van der Waals surface area (Å²) in [7, 11) is 0. The lowest BCUT2D eigenvalue weighted by molar-refractivity contribution is -0.122. The van der Waals surface area contributed by atoms with Gasteiger partial charge in [-0.25, -0.2) is 22.7 Å². The summed E-state index contributed by atoms with van der Waals surface area (Å²) in [4.78, 5) is 28.8. The van der Waals surface area contributed by atoms with Gasteiger partial charge in [-0.15, -0.1) is 5.10 Å². The van der Waals surface area contributed by atoms with Crippen molar-refractivity contribution in [2.24, 2.45) is 0 Å². The highest BCUT2D eigenvalue weighted by atomic mass is 19.1. The Morgan fingerprint density at radius 1 is 0.967 bits per heavy atom. The predicted octanol–water partition coefficient (Wildman–Crippen LogP) is 2.23. The molecule has 0 aliphatic heterocycles. The van der Waals surface area contributed by atoms with E-state index in [1.807, 2.05) is 0 Å². The SMILES string of the molecule is O=C(Cn1nc2nc(Nc3ccc(F)cc3)ccn2c1=O)NCc1ccc(F)cc1. The van der Waals surface area contributed by atoms with Crippen LogP contribution in [0, 0.1) is 11.6 Å². The topological polar surface area (TPSA) is 93.3 Å². The van der Waals surface area contributed by atoms with Crippen molar-refractivity contribution in [1.29, 1.82) is 0 Å². The van der Waals surface area contributed by atoms with E-state index in [1.54, 1.807) is 30.3 Å². The van der Waals surface area contributed by atoms with Gasteiger partial charge in [0, 0.05) is 18.4 Å². The normalized spacial score (nSPS) is 10.9. The van der Waals surface area contributed by atoms with Gasteiger partial charge in [0.2, 0.25) is 5.91 Å². The number of halogens is 2. The Balaban J connectivity index is 1.45. The van der Waals surface area contributed by atoms with E-state index in [9.17, 15) is 18.4 Å². The number of fused-ring (bicyclic) bond motifs is 1. The Morgan fingerprint density at radius 2 is 1.63 bits per heavy atom. The molecule has 2 heterocycles. The number of amides is 1. The summed E-state index contributed by atoms with van der Waals surface area (Å²) in [6.07, 6.45) is 1.48. The highest BCUT2D eigenvalue weighted by Gasteiger charge is 2.12. The van der Waals surface area contributed by atoms with Gasteiger partial charge in [0.15, 0.2) is 0 Å². The molecule has 0 bridgehead atoms. The molecule has 0 atom stereocenters. The van der Waals surface area contributed by atoms with E-state index in [-0.39, 0.29) is 30.5 Å². The van der Waals surface area contributed by atoms with E-state index < -0.39 is 11.6 Å². The third kappa shape index (κ3) is 4.32. The van der Waals surface area contributed by atoms with Crippen molar-refractivity contribution >= 4 is 23.2 Å². The van der Waals surface area contributed by atoms with E-state index in [0.29, 0.717) is 11.5 Å². The maximum Gasteiger partial charge on any atom is 0.352 e. The molecule has 2 N–H and O–H groups in total. The average Bonchev–Trinajstić information content (AvgIpc) is 3.04. The van der Waals surface area contributed by atoms with Crippen LogP contribution in [0.5, 0.6) is 0 Å². The standard InChI is InChI=1S/C20H16F2N6O2/c21-14-3-1-13(2-4-14)11-23-18(29)12-28-20(30)27-10-9-17(25-19(27)26-28)24-16-7-5-15(22)6-8-16/h1-10H,11-12H2,(H,23,29)(H,24,25,26). The lowest BCUT2D eigenvalue weighted by Crippen LogP contribution is -2.32. The predicted molar refractivity (Wildman–Crippen MR) is 105 cm³/mol. The number of benzene rings is 2. The fraction of sp³-hybridized carbons (Fsp3) is 0.100. The summed E-state index contributed by atoms with van der Waals surface area (Å²) >= 11 is 0. The van der Waals surface area contributed by atoms with Gasteiger partial charge in [0.25, 0.3) is 5.78 Å². The molecule has 10 heteroatoms. The zero-order valence-corrected chi connectivity index (χ0v) is 15.5. The first-order valence-electron chi connectivity index (χ1n) is 8.98. The minimum Gasteiger partial charge on any atom is -0.350 e. The minimum absolute atomic E-state index is 0.110. The van der Waals surface area contributed by atoms with Crippen molar-refractivity contribution in [1.82, 2.24) is 24.5 Å². The molecule has 0 saturated carbocycles. The zero-order valence-electron chi connectivity index (χ0n) is 15.5. The summed E-state index contributed by atoms with van der Waals surface area (Å²) < 4.78 is 28.1. The maximum absolute atomic E-state index is 13.0. The number of anilines is 2. The summed E-state index contributed by atoms with van der Waals surface area (Å²) in [6, 6.07) is 13.0. The smallest absolute Gasteiger partial charge is 0.350 e. The summed E-state index contributed by atoms with van der Waals surface area (Å²) in [6.45, 7) is -0.0880. The molecule has 152 valence electrons. The van der Waals surface area contributed by atoms with Crippen LogP contribution in [-0.4, -0.2) is 25.1 Å². The number of hydrogen-bond donors (Lipinski definition) is 2. The molecule has 0 fully saturated rings. The van der Waals surface area contributed by atoms with E-state index in [2.05, 4.69) is 20.7 Å². The second kappa shape index (κ2) is 8.11. The Kier molecular flexibility index (Phi) is 5.21. The van der Waals surface area contributed by atoms with E-state index in [4.69, 9.17) is 0 Å². The van der Waals surface area contributed by atoms with Gasteiger partial charge in [-0.1, -0.05) is 12.1 Å². The first kappa shape index (κ1) is 19.2. The summed E-state index contributed by atoms with van der Waals surface area (Å²) in [5, 5.41) is 9.72. The molecule has 2 aromatic heterocycles. The summed E-state index contributed by atoms with van der Waals surface area (Å²) in [5.74, 6) is -0.617. The number of carbonyl (C=O) groups is 1. The van der Waals surface area contributed by atoms with Crippen LogP contribution in [0.4, 0.5) is 20.3 Å². The lowest BCUT2D eigenvalue weighted by atomic mass is 10.2. The van der Waals surface area contributed by atoms with Crippen molar-refractivity contribution in [2.75, 3.05) is 5.32 Å². The molecule has 1 amide bonds. The number of carbonyl (C=O) groups excluding carboxylic acids is 1. The van der Waals surface area contributed by atoms with E-state index >= 15 is 0 Å². The van der Waals surface area contributed by atoms with Crippen LogP contribution >= 0.6 is 0 Å². The largest absolute Gasteiger partial charge is 0.352 e. The van der Waals surface area contributed by atoms with Crippen LogP contribution < -0.4 is 16.3 Å². The second-order valence-corrected chi connectivity index (χ2v) is 6.46. The molecule has 30 heavy (non-hydrogen) atoms. The van der Waals surface area contributed by atoms with Crippen molar-refractivity contribution in [3.05, 3.63) is 88.5 Å². The highest BCUT2D eigenvalue weighted by Crippen LogP contribution is 2.14. The van der Waals surface area contributed by atoms with Gasteiger partial charge in [-0.05, 0) is 48.0 Å². The first-order valence-corrected chi connectivity index (χ1v) is 8.98. The zero-order chi connectivity index (χ0) is 21.1. The third-order valence-electron chi connectivity index (χ3n) is 4.27. The van der Waals surface area contributed by atoms with Gasteiger partial charge in [-0.2, -0.15) is 4.98 Å². The molecule has 0 aliphatic carbocycles. The fourth-order valence-corrected chi connectivity index (χ4v) is 2.75. The Morgan fingerprint density at radius 3 is 2.33 bits per heavy atom. The third-order valence-corrected chi connectivity index (χ3v) is 4.27. The molecule has 8 nitrogen and oxygen atoms in total. The van der Waals surface area contributed by atoms with Crippen LogP contribution in [0.2, 0.25) is 0 Å². The summed E-state index contributed by atoms with van der Waals surface area (Å²) in [5.41, 5.74) is 0.836. The molecular weight excluding hydrogens is 394 g/mol. The highest BCUT2D eigenvalue weighted by molar-refractivity contribution is 5.75. The molecule has 0 radical (unpaired) electrons. The molecule has 4 aromatic rings. The minimum atomic E-state index is -0.511. The number of nitrogens with one attached hydrogen (secondary N) is 2. The first-order chi connectivity index (χ1) is 14.5. The lowest BCUT2D eigenvalue weighted by Gasteiger charge is -2.04. The van der Waals surface area contributed by atoms with Crippen molar-refractivity contribution in [3.8, 4) is 0 Å². The van der Waals surface area contributed by atoms with E-state index in [0.717, 1.165) is 10.2 Å². The molecule has 2 aromatic carbocycles. The van der Waals surface area contributed by atoms with Gasteiger partial charge < -0.3 is 10.6 Å². The van der Waals surface area contributed by atoms with Crippen molar-refractivity contribution in [3.63, 3.8) is 0 Å². The number of nitrogens with zero attached hydrogens (tertiary/aromatic N) is 4.